The lowest BCUT2D eigenvalue weighted by molar-refractivity contribution is -0.00241. The summed E-state index contributed by atoms with van der Waals surface area (Å²) in [6.45, 7) is 1.94. The zero-order valence-corrected chi connectivity index (χ0v) is 16.7. The molecule has 3 heterocycles. The van der Waals surface area contributed by atoms with Crippen LogP contribution in [0.15, 0.2) is 48.8 Å². The normalized spacial score (nSPS) is 18.3. The van der Waals surface area contributed by atoms with Crippen molar-refractivity contribution in [3.05, 3.63) is 59.9 Å². The first-order chi connectivity index (χ1) is 14.6. The van der Waals surface area contributed by atoms with Gasteiger partial charge in [-0.2, -0.15) is 9.90 Å². The van der Waals surface area contributed by atoms with E-state index in [1.807, 2.05) is 49.5 Å². The number of pyridine rings is 1. The topological polar surface area (TPSA) is 99.2 Å². The first kappa shape index (κ1) is 18.4. The van der Waals surface area contributed by atoms with Crippen LogP contribution >= 0.6 is 0 Å². The molecule has 1 amide bonds. The Morgan fingerprint density at radius 2 is 2.10 bits per heavy atom. The van der Waals surface area contributed by atoms with E-state index < -0.39 is 0 Å². The number of nitrogens with zero attached hydrogens (tertiary/aromatic N) is 6. The minimum atomic E-state index is -0.215. The molecule has 1 aliphatic rings. The first-order valence-corrected chi connectivity index (χ1v) is 9.79. The molecule has 9 heteroatoms. The summed E-state index contributed by atoms with van der Waals surface area (Å²) in [6, 6.07) is 11.6. The number of fused-ring (bicyclic) bond motifs is 1. The van der Waals surface area contributed by atoms with Crippen molar-refractivity contribution < 1.29 is 9.53 Å². The number of hydrogen-bond acceptors (Lipinski definition) is 6. The fraction of sp³-hybridized carbons (Fsp3) is 0.286. The van der Waals surface area contributed by atoms with Crippen molar-refractivity contribution in [2.75, 3.05) is 12.4 Å². The molecule has 4 aromatic rings. The molecule has 1 fully saturated rings. The molecule has 30 heavy (non-hydrogen) atoms. The van der Waals surface area contributed by atoms with Crippen LogP contribution in [0.3, 0.4) is 0 Å². The summed E-state index contributed by atoms with van der Waals surface area (Å²) in [5.41, 5.74) is 3.71. The maximum atomic E-state index is 12.9. The number of carbonyl (C=O) groups is 1. The quantitative estimate of drug-likeness (QED) is 0.550. The van der Waals surface area contributed by atoms with Gasteiger partial charge in [-0.05, 0) is 48.7 Å². The van der Waals surface area contributed by atoms with Gasteiger partial charge in [-0.3, -0.25) is 4.79 Å². The first-order valence-electron chi connectivity index (χ1n) is 9.79. The third kappa shape index (κ3) is 3.22. The summed E-state index contributed by atoms with van der Waals surface area (Å²) in [4.78, 5) is 14.5. The van der Waals surface area contributed by atoms with Gasteiger partial charge in [0.25, 0.3) is 5.91 Å². The highest BCUT2D eigenvalue weighted by Gasteiger charge is 2.32. The minimum Gasteiger partial charge on any atom is -0.381 e. The summed E-state index contributed by atoms with van der Waals surface area (Å²) >= 11 is 0. The smallest absolute Gasteiger partial charge is 0.259 e. The molecular formula is C21H21N7O2. The molecule has 0 unspecified atom stereocenters. The van der Waals surface area contributed by atoms with Gasteiger partial charge in [0.2, 0.25) is 5.82 Å². The fourth-order valence-corrected chi connectivity index (χ4v) is 3.61. The number of ether oxygens (including phenoxy) is 1. The Morgan fingerprint density at radius 3 is 2.93 bits per heavy atom. The van der Waals surface area contributed by atoms with Crippen molar-refractivity contribution >= 4 is 17.1 Å². The molecule has 152 valence electrons. The summed E-state index contributed by atoms with van der Waals surface area (Å²) in [6.07, 6.45) is 5.43. The number of tetrazole rings is 1. The third-order valence-corrected chi connectivity index (χ3v) is 5.57. The summed E-state index contributed by atoms with van der Waals surface area (Å²) in [5.74, 6) is 0.315. The van der Waals surface area contributed by atoms with Gasteiger partial charge < -0.3 is 10.1 Å². The number of nitrogens with one attached hydrogen (secondary N) is 1. The van der Waals surface area contributed by atoms with Crippen molar-refractivity contribution in [2.24, 2.45) is 0 Å². The molecular weight excluding hydrogens is 382 g/mol. The maximum Gasteiger partial charge on any atom is 0.259 e. The van der Waals surface area contributed by atoms with Gasteiger partial charge >= 0.3 is 0 Å². The van der Waals surface area contributed by atoms with Gasteiger partial charge in [0.05, 0.1) is 29.4 Å². The van der Waals surface area contributed by atoms with E-state index in [1.54, 1.807) is 22.6 Å². The number of aromatic nitrogens is 6. The largest absolute Gasteiger partial charge is 0.381 e. The number of hydrogen-bond donors (Lipinski definition) is 1. The highest BCUT2D eigenvalue weighted by atomic mass is 16.5. The molecule has 1 aliphatic carbocycles. The predicted molar refractivity (Wildman–Crippen MR) is 110 cm³/mol. The van der Waals surface area contributed by atoms with E-state index in [0.717, 1.165) is 29.5 Å². The monoisotopic (exact) mass is 403 g/mol. The molecule has 0 spiro atoms. The van der Waals surface area contributed by atoms with Crippen LogP contribution in [0.25, 0.3) is 16.9 Å². The van der Waals surface area contributed by atoms with E-state index >= 15 is 0 Å². The number of carbonyl (C=O) groups excluding carboxylic acids is 1. The lowest BCUT2D eigenvalue weighted by Crippen LogP contribution is -2.33. The SMILES string of the molecule is COC1CC(n2nnc(-c3ccc(C)c(NC(=O)c4cnn5ccccc45)c3)n2)C1. The van der Waals surface area contributed by atoms with Crippen LogP contribution in [0.2, 0.25) is 0 Å². The van der Waals surface area contributed by atoms with Crippen molar-refractivity contribution in [2.45, 2.75) is 31.9 Å². The second-order valence-corrected chi connectivity index (χ2v) is 7.49. The second kappa shape index (κ2) is 7.34. The molecule has 1 aromatic carbocycles. The lowest BCUT2D eigenvalue weighted by Gasteiger charge is -2.32. The molecule has 0 radical (unpaired) electrons. The van der Waals surface area contributed by atoms with Gasteiger partial charge in [0.1, 0.15) is 0 Å². The highest BCUT2D eigenvalue weighted by molar-refractivity contribution is 6.09. The molecule has 0 saturated heterocycles. The van der Waals surface area contributed by atoms with Crippen molar-refractivity contribution in [1.82, 2.24) is 29.8 Å². The van der Waals surface area contributed by atoms with E-state index in [4.69, 9.17) is 4.74 Å². The zero-order valence-electron chi connectivity index (χ0n) is 16.7. The van der Waals surface area contributed by atoms with Crippen LogP contribution in [0.1, 0.15) is 34.8 Å². The summed E-state index contributed by atoms with van der Waals surface area (Å²) in [5, 5.41) is 20.1. The van der Waals surface area contributed by atoms with Crippen LogP contribution in [0.5, 0.6) is 0 Å². The van der Waals surface area contributed by atoms with Gasteiger partial charge in [0.15, 0.2) is 0 Å². The number of aryl methyl sites for hydroxylation is 1. The van der Waals surface area contributed by atoms with E-state index in [9.17, 15) is 4.79 Å². The lowest BCUT2D eigenvalue weighted by atomic mass is 9.90. The second-order valence-electron chi connectivity index (χ2n) is 7.49. The standard InChI is InChI=1S/C21H21N7O2/c1-13-6-7-14(20-24-26-28(25-20)15-10-16(11-15)30-2)9-18(13)23-21(29)17-12-22-27-8-4-3-5-19(17)27/h3-9,12,15-16H,10-11H2,1-2H3,(H,23,29). The number of rotatable bonds is 5. The maximum absolute atomic E-state index is 12.9. The van der Waals surface area contributed by atoms with Crippen LogP contribution < -0.4 is 5.32 Å². The van der Waals surface area contributed by atoms with Gasteiger partial charge in [-0.1, -0.05) is 18.2 Å². The van der Waals surface area contributed by atoms with Gasteiger partial charge in [-0.25, -0.2) is 4.52 Å². The molecule has 1 N–H and O–H groups in total. The van der Waals surface area contributed by atoms with Crippen LogP contribution in [-0.4, -0.2) is 48.9 Å². The van der Waals surface area contributed by atoms with Crippen LogP contribution in [0.4, 0.5) is 5.69 Å². The summed E-state index contributed by atoms with van der Waals surface area (Å²) in [7, 11) is 1.72. The molecule has 1 saturated carbocycles. The van der Waals surface area contributed by atoms with Crippen molar-refractivity contribution in [1.29, 1.82) is 0 Å². The average molecular weight is 403 g/mol. The zero-order chi connectivity index (χ0) is 20.7. The van der Waals surface area contributed by atoms with E-state index in [1.165, 1.54) is 0 Å². The van der Waals surface area contributed by atoms with E-state index in [2.05, 4.69) is 25.8 Å². The molecule has 5 rings (SSSR count). The molecule has 3 aromatic heterocycles. The number of benzene rings is 1. The highest BCUT2D eigenvalue weighted by Crippen LogP contribution is 2.33. The van der Waals surface area contributed by atoms with Crippen molar-refractivity contribution in [3.63, 3.8) is 0 Å². The van der Waals surface area contributed by atoms with E-state index in [0.29, 0.717) is 17.1 Å². The minimum absolute atomic E-state index is 0.215. The average Bonchev–Trinajstić information content (AvgIpc) is 3.36. The Morgan fingerprint density at radius 1 is 1.23 bits per heavy atom. The fourth-order valence-electron chi connectivity index (χ4n) is 3.61. The van der Waals surface area contributed by atoms with Gasteiger partial charge in [0, 0.05) is 24.6 Å². The van der Waals surface area contributed by atoms with Crippen molar-refractivity contribution in [3.8, 4) is 11.4 Å². The Kier molecular flexibility index (Phi) is 4.51. The molecule has 0 atom stereocenters. The number of methoxy groups -OCH3 is 1. The molecule has 0 bridgehead atoms. The Balaban J connectivity index is 1.38. The number of amides is 1. The number of anilines is 1. The Bertz CT molecular complexity index is 1220. The van der Waals surface area contributed by atoms with Crippen LogP contribution in [0, 0.1) is 6.92 Å². The molecule has 0 aliphatic heterocycles. The van der Waals surface area contributed by atoms with Crippen LogP contribution in [-0.2, 0) is 4.74 Å². The molecule has 9 nitrogen and oxygen atoms in total. The Labute approximate surface area is 172 Å². The van der Waals surface area contributed by atoms with Gasteiger partial charge in [-0.15, -0.1) is 10.2 Å². The third-order valence-electron chi connectivity index (χ3n) is 5.57. The Hall–Kier alpha value is -3.59. The predicted octanol–water partition coefficient (Wildman–Crippen LogP) is 2.90. The summed E-state index contributed by atoms with van der Waals surface area (Å²) < 4.78 is 6.99. The van der Waals surface area contributed by atoms with E-state index in [-0.39, 0.29) is 18.1 Å².